The smallest absolute Gasteiger partial charge is 0.270 e. The molecular formula is C24H28N4O. The average molecular weight is 389 g/mol. The molecule has 5 rings (SSSR count). The van der Waals surface area contributed by atoms with Crippen molar-refractivity contribution in [1.82, 2.24) is 20.3 Å². The summed E-state index contributed by atoms with van der Waals surface area (Å²) >= 11 is 0. The van der Waals surface area contributed by atoms with Gasteiger partial charge in [0.05, 0.1) is 0 Å². The van der Waals surface area contributed by atoms with Crippen molar-refractivity contribution in [2.45, 2.75) is 24.8 Å². The van der Waals surface area contributed by atoms with Crippen LogP contribution in [0.4, 0.5) is 0 Å². The quantitative estimate of drug-likeness (QED) is 0.724. The van der Waals surface area contributed by atoms with E-state index in [1.54, 1.807) is 0 Å². The largest absolute Gasteiger partial charge is 0.340 e. The van der Waals surface area contributed by atoms with Gasteiger partial charge in [0.15, 0.2) is 0 Å². The number of para-hydroxylation sites is 1. The SMILES string of the molecule is Cn1c(C(=O)N2CCC(C3NNCC3c3ccccc3)CC2)cc2ccccc21. The summed E-state index contributed by atoms with van der Waals surface area (Å²) in [6.07, 6.45) is 2.08. The highest BCUT2D eigenvalue weighted by atomic mass is 16.2. The summed E-state index contributed by atoms with van der Waals surface area (Å²) in [4.78, 5) is 15.2. The Hall–Kier alpha value is -2.63. The highest BCUT2D eigenvalue weighted by Crippen LogP contribution is 2.32. The first-order valence-electron chi connectivity index (χ1n) is 10.6. The fourth-order valence-corrected chi connectivity index (χ4v) is 5.10. The average Bonchev–Trinajstić information content (AvgIpc) is 3.39. The predicted molar refractivity (Wildman–Crippen MR) is 116 cm³/mol. The Morgan fingerprint density at radius 2 is 1.72 bits per heavy atom. The van der Waals surface area contributed by atoms with Gasteiger partial charge >= 0.3 is 0 Å². The molecule has 0 bridgehead atoms. The zero-order valence-corrected chi connectivity index (χ0v) is 16.8. The third-order valence-electron chi connectivity index (χ3n) is 6.76. The van der Waals surface area contributed by atoms with Gasteiger partial charge in [-0.15, -0.1) is 0 Å². The standard InChI is InChI=1S/C24H28N4O/c1-27-21-10-6-5-9-19(21)15-22(27)24(29)28-13-11-18(12-14-28)23-20(16-25-26-23)17-7-3-2-4-8-17/h2-10,15,18,20,23,25-26H,11-14,16H2,1H3. The summed E-state index contributed by atoms with van der Waals surface area (Å²) in [6.45, 7) is 2.61. The number of nitrogens with zero attached hydrogens (tertiary/aromatic N) is 2. The molecule has 1 aromatic heterocycles. The Labute approximate surface area is 171 Å². The third-order valence-corrected chi connectivity index (χ3v) is 6.76. The van der Waals surface area contributed by atoms with E-state index in [1.165, 1.54) is 5.56 Å². The summed E-state index contributed by atoms with van der Waals surface area (Å²) in [5, 5.41) is 1.13. The van der Waals surface area contributed by atoms with Crippen molar-refractivity contribution in [1.29, 1.82) is 0 Å². The van der Waals surface area contributed by atoms with Gasteiger partial charge in [0.25, 0.3) is 5.91 Å². The van der Waals surface area contributed by atoms with Crippen LogP contribution in [0.5, 0.6) is 0 Å². The molecule has 0 spiro atoms. The minimum absolute atomic E-state index is 0.152. The van der Waals surface area contributed by atoms with Crippen LogP contribution in [-0.2, 0) is 7.05 Å². The highest BCUT2D eigenvalue weighted by molar-refractivity contribution is 5.98. The van der Waals surface area contributed by atoms with Crippen LogP contribution in [0, 0.1) is 5.92 Å². The lowest BCUT2D eigenvalue weighted by Crippen LogP contribution is -2.46. The molecule has 2 atom stereocenters. The number of nitrogens with one attached hydrogen (secondary N) is 2. The second kappa shape index (κ2) is 7.65. The minimum Gasteiger partial charge on any atom is -0.340 e. The molecule has 2 fully saturated rings. The zero-order chi connectivity index (χ0) is 19.8. The molecule has 0 saturated carbocycles. The molecule has 0 radical (unpaired) electrons. The van der Waals surface area contributed by atoms with E-state index in [0.717, 1.165) is 49.1 Å². The molecule has 2 aromatic carbocycles. The lowest BCUT2D eigenvalue weighted by atomic mass is 9.80. The molecule has 0 aliphatic carbocycles. The van der Waals surface area contributed by atoms with Crippen LogP contribution in [0.1, 0.15) is 34.8 Å². The molecule has 29 heavy (non-hydrogen) atoms. The fourth-order valence-electron chi connectivity index (χ4n) is 5.10. The molecule has 2 unspecified atom stereocenters. The molecule has 2 aliphatic heterocycles. The normalized spacial score (nSPS) is 23.0. The second-order valence-electron chi connectivity index (χ2n) is 8.35. The van der Waals surface area contributed by atoms with Gasteiger partial charge in [-0.2, -0.15) is 0 Å². The lowest BCUT2D eigenvalue weighted by Gasteiger charge is -2.36. The topological polar surface area (TPSA) is 49.3 Å². The second-order valence-corrected chi connectivity index (χ2v) is 8.35. The van der Waals surface area contributed by atoms with Gasteiger partial charge in [0.1, 0.15) is 5.69 Å². The summed E-state index contributed by atoms with van der Waals surface area (Å²) in [5.74, 6) is 1.22. The third kappa shape index (κ3) is 3.34. The maximum Gasteiger partial charge on any atom is 0.270 e. The van der Waals surface area contributed by atoms with Gasteiger partial charge in [0.2, 0.25) is 0 Å². The Morgan fingerprint density at radius 3 is 2.48 bits per heavy atom. The Morgan fingerprint density at radius 1 is 1.00 bits per heavy atom. The number of aryl methyl sites for hydroxylation is 1. The first-order valence-corrected chi connectivity index (χ1v) is 10.6. The van der Waals surface area contributed by atoms with Crippen molar-refractivity contribution in [3.05, 3.63) is 71.9 Å². The van der Waals surface area contributed by atoms with Crippen LogP contribution in [0.3, 0.4) is 0 Å². The van der Waals surface area contributed by atoms with E-state index in [-0.39, 0.29) is 5.91 Å². The van der Waals surface area contributed by atoms with E-state index in [9.17, 15) is 4.79 Å². The van der Waals surface area contributed by atoms with E-state index in [0.29, 0.717) is 17.9 Å². The number of hydrogen-bond acceptors (Lipinski definition) is 3. The number of piperidine rings is 1. The Balaban J connectivity index is 1.27. The van der Waals surface area contributed by atoms with Crippen molar-refractivity contribution in [3.8, 4) is 0 Å². The van der Waals surface area contributed by atoms with E-state index < -0.39 is 0 Å². The van der Waals surface area contributed by atoms with Crippen LogP contribution < -0.4 is 10.9 Å². The fraction of sp³-hybridized carbons (Fsp3) is 0.375. The summed E-state index contributed by atoms with van der Waals surface area (Å²) in [7, 11) is 1.99. The van der Waals surface area contributed by atoms with E-state index >= 15 is 0 Å². The molecule has 1 amide bonds. The highest BCUT2D eigenvalue weighted by Gasteiger charge is 2.37. The number of fused-ring (bicyclic) bond motifs is 1. The number of likely N-dealkylation sites (tertiary alicyclic amines) is 1. The van der Waals surface area contributed by atoms with Gasteiger partial charge in [-0.1, -0.05) is 48.5 Å². The summed E-state index contributed by atoms with van der Waals surface area (Å²) in [6, 6.07) is 21.4. The number of amides is 1. The predicted octanol–water partition coefficient (Wildman–Crippen LogP) is 3.29. The molecule has 2 saturated heterocycles. The molecular weight excluding hydrogens is 360 g/mol. The summed E-state index contributed by atoms with van der Waals surface area (Å²) in [5.41, 5.74) is 10.2. The van der Waals surface area contributed by atoms with Gasteiger partial charge in [-0.05, 0) is 36.5 Å². The van der Waals surface area contributed by atoms with Gasteiger partial charge in [-0.25, -0.2) is 0 Å². The van der Waals surface area contributed by atoms with E-state index in [4.69, 9.17) is 0 Å². The monoisotopic (exact) mass is 388 g/mol. The Kier molecular flexibility index (Phi) is 4.86. The van der Waals surface area contributed by atoms with Crippen LogP contribution in [0.25, 0.3) is 10.9 Å². The van der Waals surface area contributed by atoms with Crippen molar-refractivity contribution >= 4 is 16.8 Å². The lowest BCUT2D eigenvalue weighted by molar-refractivity contribution is 0.0661. The van der Waals surface area contributed by atoms with E-state index in [2.05, 4.69) is 53.3 Å². The minimum atomic E-state index is 0.152. The maximum absolute atomic E-state index is 13.2. The number of carbonyl (C=O) groups is 1. The van der Waals surface area contributed by atoms with Crippen LogP contribution in [0.2, 0.25) is 0 Å². The van der Waals surface area contributed by atoms with E-state index in [1.807, 2.05) is 34.7 Å². The van der Waals surface area contributed by atoms with Gasteiger partial charge < -0.3 is 9.47 Å². The molecule has 2 N–H and O–H groups in total. The van der Waals surface area contributed by atoms with Crippen LogP contribution >= 0.6 is 0 Å². The molecule has 2 aliphatic rings. The first kappa shape index (κ1) is 18.4. The molecule has 3 aromatic rings. The van der Waals surface area contributed by atoms with Crippen molar-refractivity contribution < 1.29 is 4.79 Å². The number of hydrogen-bond donors (Lipinski definition) is 2. The zero-order valence-electron chi connectivity index (χ0n) is 16.8. The first-order chi connectivity index (χ1) is 14.2. The van der Waals surface area contributed by atoms with Crippen LogP contribution in [-0.4, -0.2) is 41.1 Å². The number of carbonyl (C=O) groups excluding carboxylic acids is 1. The molecule has 150 valence electrons. The van der Waals surface area contributed by atoms with Crippen molar-refractivity contribution in [3.63, 3.8) is 0 Å². The van der Waals surface area contributed by atoms with Crippen molar-refractivity contribution in [2.24, 2.45) is 13.0 Å². The van der Waals surface area contributed by atoms with Crippen LogP contribution in [0.15, 0.2) is 60.7 Å². The molecule has 3 heterocycles. The Bertz CT molecular complexity index is 1000. The summed E-state index contributed by atoms with van der Waals surface area (Å²) < 4.78 is 2.03. The molecule has 5 heteroatoms. The number of aromatic nitrogens is 1. The number of rotatable bonds is 3. The molecule has 5 nitrogen and oxygen atoms in total. The maximum atomic E-state index is 13.2. The number of benzene rings is 2. The van der Waals surface area contributed by atoms with Gasteiger partial charge in [-0.3, -0.25) is 15.6 Å². The van der Waals surface area contributed by atoms with Gasteiger partial charge in [0, 0.05) is 49.5 Å². The number of hydrazine groups is 1. The van der Waals surface area contributed by atoms with Crippen molar-refractivity contribution in [2.75, 3.05) is 19.6 Å².